The largest absolute Gasteiger partial charge is 0.495 e. The molecule has 0 saturated heterocycles. The number of nitrogens with zero attached hydrogens (tertiary/aromatic N) is 2. The number of ether oxygens (including phenoxy) is 1. The highest BCUT2D eigenvalue weighted by Gasteiger charge is 2.32. The zero-order chi connectivity index (χ0) is 26.5. The van der Waals surface area contributed by atoms with Gasteiger partial charge in [0.1, 0.15) is 18.3 Å². The zero-order valence-corrected chi connectivity index (χ0v) is 22.9. The smallest absolute Gasteiger partial charge is 0.244 e. The molecule has 1 saturated carbocycles. The number of carbonyl (C=O) groups is 2. The molecular weight excluding hydrogens is 525 g/mol. The van der Waals surface area contributed by atoms with Gasteiger partial charge >= 0.3 is 0 Å². The van der Waals surface area contributed by atoms with Crippen molar-refractivity contribution in [2.24, 2.45) is 0 Å². The summed E-state index contributed by atoms with van der Waals surface area (Å²) in [5.41, 5.74) is 0.842. The van der Waals surface area contributed by atoms with E-state index in [9.17, 15) is 18.0 Å². The lowest BCUT2D eigenvalue weighted by Gasteiger charge is -2.32. The number of hydrogen-bond donors (Lipinski definition) is 1. The minimum absolute atomic E-state index is 0.0724. The molecule has 1 fully saturated rings. The molecule has 1 aliphatic carbocycles. The summed E-state index contributed by atoms with van der Waals surface area (Å²) in [6, 6.07) is 10.7. The summed E-state index contributed by atoms with van der Waals surface area (Å²) in [7, 11) is -2.52. The van der Waals surface area contributed by atoms with Crippen LogP contribution in [0.15, 0.2) is 42.5 Å². The number of methoxy groups -OCH3 is 1. The van der Waals surface area contributed by atoms with Gasteiger partial charge in [0.2, 0.25) is 21.8 Å². The fourth-order valence-electron chi connectivity index (χ4n) is 4.26. The third-order valence-electron chi connectivity index (χ3n) is 6.20. The first-order valence-electron chi connectivity index (χ1n) is 11.6. The fraction of sp³-hybridized carbons (Fsp3) is 0.440. The molecule has 0 radical (unpaired) electrons. The molecule has 0 bridgehead atoms. The maximum atomic E-state index is 13.7. The van der Waals surface area contributed by atoms with Crippen molar-refractivity contribution in [1.29, 1.82) is 0 Å². The molecule has 3 rings (SSSR count). The van der Waals surface area contributed by atoms with Gasteiger partial charge in [-0.3, -0.25) is 13.9 Å². The highest BCUT2D eigenvalue weighted by atomic mass is 35.5. The summed E-state index contributed by atoms with van der Waals surface area (Å²) in [6.45, 7) is 1.16. The summed E-state index contributed by atoms with van der Waals surface area (Å²) in [4.78, 5) is 28.1. The Labute approximate surface area is 222 Å². The molecule has 0 heterocycles. The third-order valence-corrected chi connectivity index (χ3v) is 7.80. The normalized spacial score (nSPS) is 14.8. The number of halogens is 2. The highest BCUT2D eigenvalue weighted by molar-refractivity contribution is 7.92. The van der Waals surface area contributed by atoms with Gasteiger partial charge in [-0.05, 0) is 55.7 Å². The Morgan fingerprint density at radius 2 is 1.78 bits per heavy atom. The minimum atomic E-state index is -3.91. The molecule has 1 aliphatic rings. The lowest BCUT2D eigenvalue weighted by atomic mass is 10.1. The van der Waals surface area contributed by atoms with E-state index < -0.39 is 28.5 Å². The summed E-state index contributed by atoms with van der Waals surface area (Å²) in [5, 5.41) is 3.80. The van der Waals surface area contributed by atoms with Gasteiger partial charge in [-0.2, -0.15) is 0 Å². The van der Waals surface area contributed by atoms with Crippen molar-refractivity contribution in [2.75, 3.05) is 24.2 Å². The number of sulfonamides is 1. The topological polar surface area (TPSA) is 96.0 Å². The predicted octanol–water partition coefficient (Wildman–Crippen LogP) is 4.24. The van der Waals surface area contributed by atoms with Gasteiger partial charge in [-0.25, -0.2) is 8.42 Å². The van der Waals surface area contributed by atoms with Crippen LogP contribution in [0.1, 0.15) is 38.2 Å². The number of rotatable bonds is 10. The Kier molecular flexibility index (Phi) is 9.49. The molecule has 2 aromatic carbocycles. The molecule has 8 nitrogen and oxygen atoms in total. The zero-order valence-electron chi connectivity index (χ0n) is 20.5. The predicted molar refractivity (Wildman–Crippen MR) is 142 cm³/mol. The van der Waals surface area contributed by atoms with Crippen LogP contribution in [0.5, 0.6) is 5.75 Å². The summed E-state index contributed by atoms with van der Waals surface area (Å²) in [6.07, 6.45) is 4.90. The first-order chi connectivity index (χ1) is 17.0. The molecule has 0 unspecified atom stereocenters. The second-order valence-electron chi connectivity index (χ2n) is 8.90. The van der Waals surface area contributed by atoms with Gasteiger partial charge in [0, 0.05) is 22.6 Å². The molecule has 36 heavy (non-hydrogen) atoms. The van der Waals surface area contributed by atoms with Crippen molar-refractivity contribution in [3.8, 4) is 5.75 Å². The van der Waals surface area contributed by atoms with E-state index in [-0.39, 0.29) is 35.0 Å². The monoisotopic (exact) mass is 555 g/mol. The molecule has 1 atom stereocenters. The molecule has 0 spiro atoms. The maximum Gasteiger partial charge on any atom is 0.244 e. The Bertz CT molecular complexity index is 1200. The van der Waals surface area contributed by atoms with E-state index in [1.54, 1.807) is 37.3 Å². The van der Waals surface area contributed by atoms with Crippen molar-refractivity contribution in [3.63, 3.8) is 0 Å². The third kappa shape index (κ3) is 7.27. The lowest BCUT2D eigenvalue weighted by molar-refractivity contribution is -0.139. The van der Waals surface area contributed by atoms with E-state index in [1.165, 1.54) is 24.1 Å². The minimum Gasteiger partial charge on any atom is -0.495 e. The molecule has 11 heteroatoms. The summed E-state index contributed by atoms with van der Waals surface area (Å²) < 4.78 is 31.8. The second-order valence-corrected chi connectivity index (χ2v) is 11.7. The molecule has 2 amide bonds. The highest BCUT2D eigenvalue weighted by Crippen LogP contribution is 2.33. The van der Waals surface area contributed by atoms with Crippen LogP contribution in [-0.2, 0) is 26.2 Å². The quantitative estimate of drug-likeness (QED) is 0.472. The molecular formula is C25H31Cl2N3O5S. The van der Waals surface area contributed by atoms with E-state index in [4.69, 9.17) is 27.9 Å². The summed E-state index contributed by atoms with van der Waals surface area (Å²) >= 11 is 12.3. The lowest BCUT2D eigenvalue weighted by Crippen LogP contribution is -2.52. The van der Waals surface area contributed by atoms with Crippen LogP contribution in [0.25, 0.3) is 0 Å². The molecule has 196 valence electrons. The van der Waals surface area contributed by atoms with Crippen LogP contribution in [0, 0.1) is 0 Å². The van der Waals surface area contributed by atoms with Gasteiger partial charge in [-0.1, -0.05) is 48.2 Å². The standard InChI is InChI=1S/C25H31Cl2N3O5S/c1-17(25(32)28-21-9-4-5-10-21)29(15-18-7-6-8-19(26)13-18)24(31)16-30(36(3,33)34)22-14-20(27)11-12-23(22)35-2/h6-8,11-14,17,21H,4-5,9-10,15-16H2,1-3H3,(H,28,32)/t17-/m0/s1. The van der Waals surface area contributed by atoms with E-state index in [1.807, 2.05) is 0 Å². The number of hydrogen-bond acceptors (Lipinski definition) is 5. The SMILES string of the molecule is COc1ccc(Cl)cc1N(CC(=O)N(Cc1cccc(Cl)c1)[C@@H](C)C(=O)NC1CCCC1)S(C)(=O)=O. The molecule has 2 aromatic rings. The Balaban J connectivity index is 1.93. The van der Waals surface area contributed by atoms with Crippen molar-refractivity contribution < 1.29 is 22.7 Å². The van der Waals surface area contributed by atoms with Crippen molar-refractivity contribution in [2.45, 2.75) is 51.2 Å². The van der Waals surface area contributed by atoms with Gasteiger partial charge in [0.05, 0.1) is 19.1 Å². The average molecular weight is 557 g/mol. The van der Waals surface area contributed by atoms with E-state index >= 15 is 0 Å². The van der Waals surface area contributed by atoms with E-state index in [0.29, 0.717) is 10.6 Å². The number of nitrogens with one attached hydrogen (secondary N) is 1. The maximum absolute atomic E-state index is 13.7. The van der Waals surface area contributed by atoms with Crippen LogP contribution >= 0.6 is 23.2 Å². The fourth-order valence-corrected chi connectivity index (χ4v) is 5.48. The first kappa shape index (κ1) is 28.1. The molecule has 0 aromatic heterocycles. The van der Waals surface area contributed by atoms with Crippen LogP contribution in [0.3, 0.4) is 0 Å². The van der Waals surface area contributed by atoms with Crippen LogP contribution in [-0.4, -0.2) is 57.1 Å². The number of carbonyl (C=O) groups excluding carboxylic acids is 2. The molecule has 0 aliphatic heterocycles. The summed E-state index contributed by atoms with van der Waals surface area (Å²) in [5.74, 6) is -0.605. The van der Waals surface area contributed by atoms with Crippen molar-refractivity contribution in [1.82, 2.24) is 10.2 Å². The Morgan fingerprint density at radius 1 is 1.11 bits per heavy atom. The van der Waals surface area contributed by atoms with Gasteiger partial charge in [0.25, 0.3) is 0 Å². The van der Waals surface area contributed by atoms with Crippen LogP contribution < -0.4 is 14.4 Å². The van der Waals surface area contributed by atoms with E-state index in [0.717, 1.165) is 36.2 Å². The van der Waals surface area contributed by atoms with Crippen LogP contribution in [0.4, 0.5) is 5.69 Å². The Morgan fingerprint density at radius 3 is 2.39 bits per heavy atom. The second kappa shape index (κ2) is 12.2. The Hall–Kier alpha value is -2.49. The van der Waals surface area contributed by atoms with Gasteiger partial charge in [0.15, 0.2) is 0 Å². The van der Waals surface area contributed by atoms with E-state index in [2.05, 4.69) is 5.32 Å². The van der Waals surface area contributed by atoms with Crippen LogP contribution in [0.2, 0.25) is 10.0 Å². The number of amides is 2. The van der Waals surface area contributed by atoms with Gasteiger partial charge < -0.3 is 15.0 Å². The van der Waals surface area contributed by atoms with Crippen molar-refractivity contribution in [3.05, 3.63) is 58.1 Å². The first-order valence-corrected chi connectivity index (χ1v) is 14.3. The van der Waals surface area contributed by atoms with Crippen molar-refractivity contribution >= 4 is 50.7 Å². The molecule has 1 N–H and O–H groups in total. The number of benzene rings is 2. The van der Waals surface area contributed by atoms with Gasteiger partial charge in [-0.15, -0.1) is 0 Å². The number of anilines is 1. The average Bonchev–Trinajstić information content (AvgIpc) is 3.32.